The molecule has 1 heterocycles. The third-order valence-corrected chi connectivity index (χ3v) is 7.15. The summed E-state index contributed by atoms with van der Waals surface area (Å²) < 4.78 is 5.66. The molecule has 4 rings (SSSR count). The van der Waals surface area contributed by atoms with Gasteiger partial charge in [-0.2, -0.15) is 0 Å². The number of nitrogens with zero attached hydrogens (tertiary/aromatic N) is 1. The Morgan fingerprint density at radius 3 is 1.79 bits per heavy atom. The third kappa shape index (κ3) is 5.78. The van der Waals surface area contributed by atoms with Crippen molar-refractivity contribution >= 4 is 23.1 Å². The molecule has 5 heteroatoms. The average Bonchev–Trinajstić information content (AvgIpc) is 3.16. The molecule has 1 atom stereocenters. The minimum absolute atomic E-state index is 0.0509. The maximum absolute atomic E-state index is 13.5. The van der Waals surface area contributed by atoms with Crippen LogP contribution in [0.2, 0.25) is 0 Å². The molecule has 0 spiro atoms. The Bertz CT molecular complexity index is 1370. The molecule has 0 radical (unpaired) electrons. The predicted octanol–water partition coefficient (Wildman–Crippen LogP) is 7.70. The zero-order valence-corrected chi connectivity index (χ0v) is 24.0. The zero-order chi connectivity index (χ0) is 28.5. The summed E-state index contributed by atoms with van der Waals surface area (Å²) in [4.78, 5) is 28.5. The van der Waals surface area contributed by atoms with E-state index in [0.717, 1.165) is 23.1 Å². The van der Waals surface area contributed by atoms with E-state index in [0.29, 0.717) is 23.6 Å². The van der Waals surface area contributed by atoms with E-state index < -0.39 is 17.7 Å². The van der Waals surface area contributed by atoms with Crippen molar-refractivity contribution in [3.63, 3.8) is 0 Å². The summed E-state index contributed by atoms with van der Waals surface area (Å²) in [6, 6.07) is 21.9. The highest BCUT2D eigenvalue weighted by atomic mass is 16.5. The van der Waals surface area contributed by atoms with Crippen LogP contribution in [0.4, 0.5) is 5.69 Å². The van der Waals surface area contributed by atoms with Gasteiger partial charge in [0.1, 0.15) is 11.5 Å². The van der Waals surface area contributed by atoms with Gasteiger partial charge in [-0.15, -0.1) is 0 Å². The van der Waals surface area contributed by atoms with Gasteiger partial charge >= 0.3 is 0 Å². The summed E-state index contributed by atoms with van der Waals surface area (Å²) in [5, 5.41) is 11.4. The van der Waals surface area contributed by atoms with Crippen molar-refractivity contribution in [1.29, 1.82) is 0 Å². The van der Waals surface area contributed by atoms with E-state index in [9.17, 15) is 14.7 Å². The lowest BCUT2D eigenvalue weighted by atomic mass is 9.85. The molecule has 39 heavy (non-hydrogen) atoms. The lowest BCUT2D eigenvalue weighted by molar-refractivity contribution is -0.132. The van der Waals surface area contributed by atoms with Crippen LogP contribution in [0.15, 0.2) is 78.4 Å². The predicted molar refractivity (Wildman–Crippen MR) is 157 cm³/mol. The first-order valence-corrected chi connectivity index (χ1v) is 13.6. The molecule has 3 aromatic carbocycles. The summed E-state index contributed by atoms with van der Waals surface area (Å²) in [5.41, 5.74) is 4.05. The lowest BCUT2D eigenvalue weighted by Crippen LogP contribution is -2.29. The second-order valence-corrected chi connectivity index (χ2v) is 12.2. The van der Waals surface area contributed by atoms with Crippen LogP contribution in [0.25, 0.3) is 5.76 Å². The normalized spacial score (nSPS) is 17.5. The minimum atomic E-state index is -0.768. The van der Waals surface area contributed by atoms with Crippen LogP contribution in [0.5, 0.6) is 5.75 Å². The number of benzene rings is 3. The summed E-state index contributed by atoms with van der Waals surface area (Å²) >= 11 is 0. The number of Topliss-reactive ketones (excluding diaryl/α,β-unsaturated/α-hetero) is 1. The van der Waals surface area contributed by atoms with Gasteiger partial charge in [0.15, 0.2) is 0 Å². The monoisotopic (exact) mass is 525 g/mol. The maximum Gasteiger partial charge on any atom is 0.300 e. The Morgan fingerprint density at radius 1 is 0.795 bits per heavy atom. The van der Waals surface area contributed by atoms with Crippen molar-refractivity contribution in [1.82, 2.24) is 0 Å². The van der Waals surface area contributed by atoms with Gasteiger partial charge in [0, 0.05) is 11.3 Å². The van der Waals surface area contributed by atoms with Crippen molar-refractivity contribution in [3.05, 3.63) is 101 Å². The minimum Gasteiger partial charge on any atom is -0.507 e. The molecule has 1 aliphatic rings. The Kier molecular flexibility index (Phi) is 7.74. The van der Waals surface area contributed by atoms with E-state index in [1.165, 1.54) is 4.90 Å². The molecule has 1 unspecified atom stereocenters. The van der Waals surface area contributed by atoms with Gasteiger partial charge in [-0.25, -0.2) is 0 Å². The molecule has 1 amide bonds. The van der Waals surface area contributed by atoms with Crippen molar-refractivity contribution in [3.8, 4) is 5.75 Å². The second-order valence-electron chi connectivity index (χ2n) is 12.2. The van der Waals surface area contributed by atoms with Crippen LogP contribution in [0.1, 0.15) is 83.2 Å². The Labute approximate surface area is 232 Å². The molecule has 0 bridgehead atoms. The van der Waals surface area contributed by atoms with E-state index in [-0.39, 0.29) is 22.2 Å². The molecule has 0 aliphatic carbocycles. The standard InChI is InChI=1S/C34H39NO4/c1-8-21-39-27-19-11-23(12-20-27)30(36)28-29(22-9-13-24(14-10-22)33(2,3)4)35(32(38)31(28)37)26-17-15-25(16-18-26)34(5,6)7/h9-20,29,36H,8,21H2,1-7H3/b30-28-. The molecule has 1 N–H and O–H groups in total. The van der Waals surface area contributed by atoms with Crippen LogP contribution in [-0.2, 0) is 20.4 Å². The number of aliphatic hydroxyl groups excluding tert-OH is 1. The van der Waals surface area contributed by atoms with Gasteiger partial charge in [-0.05, 0) is 70.3 Å². The van der Waals surface area contributed by atoms with E-state index in [2.05, 4.69) is 41.5 Å². The number of amides is 1. The quantitative estimate of drug-likeness (QED) is 0.203. The summed E-state index contributed by atoms with van der Waals surface area (Å²) in [6.07, 6.45) is 0.885. The summed E-state index contributed by atoms with van der Waals surface area (Å²) in [7, 11) is 0. The highest BCUT2D eigenvalue weighted by molar-refractivity contribution is 6.51. The number of anilines is 1. The number of hydrogen-bond donors (Lipinski definition) is 1. The molecule has 0 aromatic heterocycles. The fraction of sp³-hybridized carbons (Fsp3) is 0.353. The van der Waals surface area contributed by atoms with Crippen LogP contribution >= 0.6 is 0 Å². The zero-order valence-electron chi connectivity index (χ0n) is 24.0. The summed E-state index contributed by atoms with van der Waals surface area (Å²) in [5.74, 6) is -0.882. The largest absolute Gasteiger partial charge is 0.507 e. The molecule has 0 saturated carbocycles. The molecule has 5 nitrogen and oxygen atoms in total. The van der Waals surface area contributed by atoms with Crippen molar-refractivity contribution in [2.24, 2.45) is 0 Å². The van der Waals surface area contributed by atoms with Gasteiger partial charge in [-0.3, -0.25) is 14.5 Å². The Balaban J connectivity index is 1.85. The average molecular weight is 526 g/mol. The molecular weight excluding hydrogens is 486 g/mol. The van der Waals surface area contributed by atoms with Crippen molar-refractivity contribution in [2.45, 2.75) is 71.8 Å². The van der Waals surface area contributed by atoms with Gasteiger partial charge in [0.2, 0.25) is 0 Å². The van der Waals surface area contributed by atoms with Crippen molar-refractivity contribution < 1.29 is 19.4 Å². The van der Waals surface area contributed by atoms with E-state index in [1.807, 2.05) is 55.5 Å². The lowest BCUT2D eigenvalue weighted by Gasteiger charge is -2.27. The molecule has 1 aliphatic heterocycles. The number of ketones is 1. The number of hydrogen-bond acceptors (Lipinski definition) is 4. The van der Waals surface area contributed by atoms with E-state index in [4.69, 9.17) is 4.74 Å². The van der Waals surface area contributed by atoms with Crippen LogP contribution < -0.4 is 9.64 Å². The fourth-order valence-electron chi connectivity index (χ4n) is 4.79. The number of rotatable bonds is 6. The van der Waals surface area contributed by atoms with E-state index >= 15 is 0 Å². The smallest absolute Gasteiger partial charge is 0.300 e. The maximum atomic E-state index is 13.5. The molecule has 1 saturated heterocycles. The topological polar surface area (TPSA) is 66.8 Å². The van der Waals surface area contributed by atoms with Gasteiger partial charge < -0.3 is 9.84 Å². The number of ether oxygens (including phenoxy) is 1. The van der Waals surface area contributed by atoms with Gasteiger partial charge in [0.25, 0.3) is 11.7 Å². The van der Waals surface area contributed by atoms with Gasteiger partial charge in [-0.1, -0.05) is 84.9 Å². The highest BCUT2D eigenvalue weighted by Gasteiger charge is 2.47. The molecule has 1 fully saturated rings. The highest BCUT2D eigenvalue weighted by Crippen LogP contribution is 2.43. The first kappa shape index (κ1) is 28.2. The molecule has 3 aromatic rings. The third-order valence-electron chi connectivity index (χ3n) is 7.15. The first-order valence-electron chi connectivity index (χ1n) is 13.6. The summed E-state index contributed by atoms with van der Waals surface area (Å²) in [6.45, 7) is 15.4. The number of aliphatic hydroxyl groups is 1. The Hall–Kier alpha value is -3.86. The fourth-order valence-corrected chi connectivity index (χ4v) is 4.79. The van der Waals surface area contributed by atoms with Crippen LogP contribution in [0.3, 0.4) is 0 Å². The number of carbonyl (C=O) groups excluding carboxylic acids is 2. The SMILES string of the molecule is CCCOc1ccc(/C(O)=C2/C(=O)C(=O)N(c3ccc(C(C)(C)C)cc3)C2c2ccc(C(C)(C)C)cc2)cc1. The van der Waals surface area contributed by atoms with Gasteiger partial charge in [0.05, 0.1) is 18.2 Å². The van der Waals surface area contributed by atoms with Crippen LogP contribution in [0, 0.1) is 0 Å². The Morgan fingerprint density at radius 2 is 1.31 bits per heavy atom. The van der Waals surface area contributed by atoms with E-state index in [1.54, 1.807) is 24.3 Å². The second kappa shape index (κ2) is 10.7. The van der Waals surface area contributed by atoms with Crippen molar-refractivity contribution in [2.75, 3.05) is 11.5 Å². The molecular formula is C34H39NO4. The first-order chi connectivity index (χ1) is 18.3. The van der Waals surface area contributed by atoms with Crippen LogP contribution in [-0.4, -0.2) is 23.4 Å². The number of carbonyl (C=O) groups is 2. The molecule has 204 valence electrons.